The number of rotatable bonds is 3. The molecule has 1 aliphatic heterocycles. The van der Waals surface area contributed by atoms with E-state index in [2.05, 4.69) is 17.3 Å². The van der Waals surface area contributed by atoms with Crippen molar-refractivity contribution < 1.29 is 0 Å². The standard InChI is InChI=1S/C15H28N2/c1-16-14-8-2-6-13(14)11-17-10-4-7-12-5-3-9-15(12)17/h12-16H,2-11H2,1H3. The molecule has 3 aliphatic rings. The van der Waals surface area contributed by atoms with Crippen LogP contribution in [0.5, 0.6) is 0 Å². The van der Waals surface area contributed by atoms with E-state index in [1.165, 1.54) is 64.5 Å². The highest BCUT2D eigenvalue weighted by Crippen LogP contribution is 2.38. The van der Waals surface area contributed by atoms with Gasteiger partial charge >= 0.3 is 0 Å². The molecule has 4 unspecified atom stereocenters. The number of hydrogen-bond donors (Lipinski definition) is 1. The molecule has 3 fully saturated rings. The lowest BCUT2D eigenvalue weighted by Gasteiger charge is -2.40. The minimum absolute atomic E-state index is 0.803. The second kappa shape index (κ2) is 5.27. The number of likely N-dealkylation sites (tertiary alicyclic amines) is 1. The lowest BCUT2D eigenvalue weighted by Crippen LogP contribution is -2.47. The Morgan fingerprint density at radius 3 is 2.71 bits per heavy atom. The Morgan fingerprint density at radius 2 is 1.82 bits per heavy atom. The van der Waals surface area contributed by atoms with Gasteiger partial charge in [0.05, 0.1) is 0 Å². The number of nitrogens with zero attached hydrogens (tertiary/aromatic N) is 1. The van der Waals surface area contributed by atoms with Gasteiger partial charge in [-0.15, -0.1) is 0 Å². The average Bonchev–Trinajstić information content (AvgIpc) is 2.97. The molecular formula is C15H28N2. The van der Waals surface area contributed by atoms with Crippen LogP contribution in [0.3, 0.4) is 0 Å². The fourth-order valence-corrected chi connectivity index (χ4v) is 4.72. The fourth-order valence-electron chi connectivity index (χ4n) is 4.72. The van der Waals surface area contributed by atoms with E-state index in [4.69, 9.17) is 0 Å². The van der Waals surface area contributed by atoms with Gasteiger partial charge in [0.1, 0.15) is 0 Å². The van der Waals surface area contributed by atoms with Gasteiger partial charge in [0.2, 0.25) is 0 Å². The maximum absolute atomic E-state index is 3.54. The van der Waals surface area contributed by atoms with Crippen molar-refractivity contribution in [1.29, 1.82) is 0 Å². The van der Waals surface area contributed by atoms with Crippen LogP contribution in [0.15, 0.2) is 0 Å². The van der Waals surface area contributed by atoms with Crippen LogP contribution in [-0.2, 0) is 0 Å². The van der Waals surface area contributed by atoms with Gasteiger partial charge in [-0.3, -0.25) is 4.90 Å². The molecule has 0 radical (unpaired) electrons. The Labute approximate surface area is 106 Å². The highest BCUT2D eigenvalue weighted by Gasteiger charge is 2.37. The first kappa shape index (κ1) is 12.0. The monoisotopic (exact) mass is 236 g/mol. The first-order chi connectivity index (χ1) is 8.38. The van der Waals surface area contributed by atoms with Crippen molar-refractivity contribution in [3.8, 4) is 0 Å². The highest BCUT2D eigenvalue weighted by atomic mass is 15.2. The van der Waals surface area contributed by atoms with E-state index in [9.17, 15) is 0 Å². The normalized spacial score (nSPS) is 42.9. The first-order valence-corrected chi connectivity index (χ1v) is 7.80. The molecule has 0 aromatic rings. The van der Waals surface area contributed by atoms with Gasteiger partial charge in [-0.05, 0) is 64.0 Å². The minimum Gasteiger partial charge on any atom is -0.317 e. The van der Waals surface area contributed by atoms with E-state index < -0.39 is 0 Å². The van der Waals surface area contributed by atoms with Gasteiger partial charge in [-0.1, -0.05) is 12.8 Å². The van der Waals surface area contributed by atoms with Crippen LogP contribution < -0.4 is 5.32 Å². The molecule has 1 saturated heterocycles. The summed E-state index contributed by atoms with van der Waals surface area (Å²) in [7, 11) is 2.15. The van der Waals surface area contributed by atoms with Crippen LogP contribution >= 0.6 is 0 Å². The summed E-state index contributed by atoms with van der Waals surface area (Å²) in [5, 5.41) is 3.54. The largest absolute Gasteiger partial charge is 0.317 e. The molecule has 2 saturated carbocycles. The van der Waals surface area contributed by atoms with Crippen molar-refractivity contribution in [2.45, 2.75) is 63.5 Å². The quantitative estimate of drug-likeness (QED) is 0.810. The maximum Gasteiger partial charge on any atom is 0.0124 e. The van der Waals surface area contributed by atoms with E-state index in [1.54, 1.807) is 0 Å². The molecule has 0 bridgehead atoms. The summed E-state index contributed by atoms with van der Waals surface area (Å²) >= 11 is 0. The Balaban J connectivity index is 1.60. The highest BCUT2D eigenvalue weighted by molar-refractivity contribution is 4.92. The molecule has 2 heteroatoms. The minimum atomic E-state index is 0.803. The summed E-state index contributed by atoms with van der Waals surface area (Å²) in [6, 6.07) is 1.76. The molecule has 3 rings (SSSR count). The number of hydrogen-bond acceptors (Lipinski definition) is 2. The lowest BCUT2D eigenvalue weighted by molar-refractivity contribution is 0.0906. The van der Waals surface area contributed by atoms with E-state index in [0.29, 0.717) is 0 Å². The molecule has 4 atom stereocenters. The lowest BCUT2D eigenvalue weighted by atomic mass is 9.90. The van der Waals surface area contributed by atoms with Crippen LogP contribution in [0.25, 0.3) is 0 Å². The molecule has 98 valence electrons. The van der Waals surface area contributed by atoms with Crippen LogP contribution in [-0.4, -0.2) is 37.1 Å². The molecule has 1 N–H and O–H groups in total. The van der Waals surface area contributed by atoms with E-state index in [0.717, 1.165) is 23.9 Å². The van der Waals surface area contributed by atoms with Crippen molar-refractivity contribution in [3.05, 3.63) is 0 Å². The number of piperidine rings is 1. The van der Waals surface area contributed by atoms with E-state index in [1.807, 2.05) is 0 Å². The van der Waals surface area contributed by atoms with E-state index >= 15 is 0 Å². The number of fused-ring (bicyclic) bond motifs is 1. The second-order valence-corrected chi connectivity index (χ2v) is 6.48. The second-order valence-electron chi connectivity index (χ2n) is 6.48. The van der Waals surface area contributed by atoms with Crippen LogP contribution in [0.2, 0.25) is 0 Å². The predicted molar refractivity (Wildman–Crippen MR) is 72.1 cm³/mol. The zero-order chi connectivity index (χ0) is 11.7. The van der Waals surface area contributed by atoms with Gasteiger partial charge in [0.15, 0.2) is 0 Å². The van der Waals surface area contributed by atoms with Gasteiger partial charge < -0.3 is 5.32 Å². The maximum atomic E-state index is 3.54. The Bertz CT molecular complexity index is 253. The molecule has 17 heavy (non-hydrogen) atoms. The molecule has 1 heterocycles. The smallest absolute Gasteiger partial charge is 0.0124 e. The van der Waals surface area contributed by atoms with E-state index in [-0.39, 0.29) is 0 Å². The average molecular weight is 236 g/mol. The van der Waals surface area contributed by atoms with Crippen molar-refractivity contribution >= 4 is 0 Å². The van der Waals surface area contributed by atoms with Gasteiger partial charge in [0.25, 0.3) is 0 Å². The van der Waals surface area contributed by atoms with Crippen LogP contribution in [0, 0.1) is 11.8 Å². The molecular weight excluding hydrogens is 208 g/mol. The van der Waals surface area contributed by atoms with Crippen molar-refractivity contribution in [2.75, 3.05) is 20.1 Å². The Hall–Kier alpha value is -0.0800. The third-order valence-corrected chi connectivity index (χ3v) is 5.61. The summed E-state index contributed by atoms with van der Waals surface area (Å²) in [5.41, 5.74) is 0. The summed E-state index contributed by atoms with van der Waals surface area (Å²) in [6.45, 7) is 2.76. The molecule has 0 spiro atoms. The predicted octanol–water partition coefficient (Wildman–Crippen LogP) is 2.64. The Morgan fingerprint density at radius 1 is 1.00 bits per heavy atom. The molecule has 2 aliphatic carbocycles. The Kier molecular flexibility index (Phi) is 3.72. The van der Waals surface area contributed by atoms with Crippen molar-refractivity contribution in [3.63, 3.8) is 0 Å². The first-order valence-electron chi connectivity index (χ1n) is 7.80. The van der Waals surface area contributed by atoms with Crippen molar-refractivity contribution in [2.24, 2.45) is 11.8 Å². The zero-order valence-corrected chi connectivity index (χ0v) is 11.3. The summed E-state index contributed by atoms with van der Waals surface area (Å²) in [4.78, 5) is 2.86. The summed E-state index contributed by atoms with van der Waals surface area (Å²) in [6.07, 6.45) is 11.8. The van der Waals surface area contributed by atoms with Crippen molar-refractivity contribution in [1.82, 2.24) is 10.2 Å². The SMILES string of the molecule is CNC1CCCC1CN1CCCC2CCCC21. The summed E-state index contributed by atoms with van der Waals surface area (Å²) < 4.78 is 0. The molecule has 0 aromatic heterocycles. The van der Waals surface area contributed by atoms with Crippen LogP contribution in [0.4, 0.5) is 0 Å². The molecule has 0 amide bonds. The summed E-state index contributed by atoms with van der Waals surface area (Å²) in [5.74, 6) is 1.98. The van der Waals surface area contributed by atoms with Gasteiger partial charge in [-0.2, -0.15) is 0 Å². The van der Waals surface area contributed by atoms with Gasteiger partial charge in [0, 0.05) is 18.6 Å². The third kappa shape index (κ3) is 2.39. The molecule has 0 aromatic carbocycles. The topological polar surface area (TPSA) is 15.3 Å². The van der Waals surface area contributed by atoms with Gasteiger partial charge in [-0.25, -0.2) is 0 Å². The third-order valence-electron chi connectivity index (χ3n) is 5.61. The number of nitrogens with one attached hydrogen (secondary N) is 1. The van der Waals surface area contributed by atoms with Crippen LogP contribution in [0.1, 0.15) is 51.4 Å². The zero-order valence-electron chi connectivity index (χ0n) is 11.3. The molecule has 2 nitrogen and oxygen atoms in total. The fraction of sp³-hybridized carbons (Fsp3) is 1.00.